The van der Waals surface area contributed by atoms with Gasteiger partial charge in [0.15, 0.2) is 0 Å². The van der Waals surface area contributed by atoms with E-state index in [1.54, 1.807) is 0 Å². The molecular weight excluding hydrogens is 214 g/mol. The summed E-state index contributed by atoms with van der Waals surface area (Å²) in [6.45, 7) is 3.51. The van der Waals surface area contributed by atoms with Crippen molar-refractivity contribution in [3.63, 3.8) is 0 Å². The van der Waals surface area contributed by atoms with E-state index in [9.17, 15) is 4.79 Å². The van der Waals surface area contributed by atoms with Gasteiger partial charge < -0.3 is 10.1 Å². The van der Waals surface area contributed by atoms with Crippen LogP contribution in [0.1, 0.15) is 36.5 Å². The number of anilines is 1. The molecule has 1 aromatic rings. The summed E-state index contributed by atoms with van der Waals surface area (Å²) in [5.41, 5.74) is 1.69. The molecule has 17 heavy (non-hydrogen) atoms. The molecule has 1 aliphatic carbocycles. The molecule has 0 bridgehead atoms. The number of nitrogens with one attached hydrogen (secondary N) is 1. The first-order valence-corrected chi connectivity index (χ1v) is 6.30. The topological polar surface area (TPSA) is 38.3 Å². The second-order valence-corrected chi connectivity index (χ2v) is 4.54. The smallest absolute Gasteiger partial charge is 0.338 e. The Labute approximate surface area is 102 Å². The third-order valence-corrected chi connectivity index (χ3v) is 2.85. The van der Waals surface area contributed by atoms with Crippen molar-refractivity contribution in [2.24, 2.45) is 5.92 Å². The third-order valence-electron chi connectivity index (χ3n) is 2.85. The predicted molar refractivity (Wildman–Crippen MR) is 68.2 cm³/mol. The maximum Gasteiger partial charge on any atom is 0.338 e. The fourth-order valence-corrected chi connectivity index (χ4v) is 1.59. The molecule has 0 atom stereocenters. The SMILES string of the molecule is CCCOC(=O)c1ccc(NCC2CC2)cc1. The highest BCUT2D eigenvalue weighted by molar-refractivity contribution is 5.89. The van der Waals surface area contributed by atoms with E-state index in [1.165, 1.54) is 12.8 Å². The van der Waals surface area contributed by atoms with Crippen molar-refractivity contribution in [1.29, 1.82) is 0 Å². The van der Waals surface area contributed by atoms with Crippen LogP contribution in [0.15, 0.2) is 24.3 Å². The number of hydrogen-bond acceptors (Lipinski definition) is 3. The van der Waals surface area contributed by atoms with Crippen molar-refractivity contribution in [3.8, 4) is 0 Å². The molecule has 0 unspecified atom stereocenters. The van der Waals surface area contributed by atoms with Gasteiger partial charge >= 0.3 is 5.97 Å². The second-order valence-electron chi connectivity index (χ2n) is 4.54. The van der Waals surface area contributed by atoms with Gasteiger partial charge in [0.05, 0.1) is 12.2 Å². The average molecular weight is 233 g/mol. The molecule has 3 nitrogen and oxygen atoms in total. The Hall–Kier alpha value is -1.51. The molecule has 0 heterocycles. The summed E-state index contributed by atoms with van der Waals surface area (Å²) in [4.78, 5) is 11.5. The zero-order chi connectivity index (χ0) is 12.1. The molecule has 1 aliphatic rings. The van der Waals surface area contributed by atoms with Crippen molar-refractivity contribution in [2.75, 3.05) is 18.5 Å². The summed E-state index contributed by atoms with van der Waals surface area (Å²) in [7, 11) is 0. The fraction of sp³-hybridized carbons (Fsp3) is 0.500. The van der Waals surface area contributed by atoms with E-state index < -0.39 is 0 Å². The molecule has 3 heteroatoms. The summed E-state index contributed by atoms with van der Waals surface area (Å²) in [6, 6.07) is 7.50. The van der Waals surface area contributed by atoms with E-state index in [0.717, 1.165) is 24.6 Å². The van der Waals surface area contributed by atoms with E-state index in [4.69, 9.17) is 4.74 Å². The minimum Gasteiger partial charge on any atom is -0.462 e. The Bertz CT molecular complexity index is 368. The zero-order valence-corrected chi connectivity index (χ0v) is 10.2. The van der Waals surface area contributed by atoms with Gasteiger partial charge in [0.25, 0.3) is 0 Å². The van der Waals surface area contributed by atoms with Gasteiger partial charge in [-0.3, -0.25) is 0 Å². The van der Waals surface area contributed by atoms with Crippen LogP contribution in [-0.4, -0.2) is 19.1 Å². The van der Waals surface area contributed by atoms with Crippen LogP contribution in [0.2, 0.25) is 0 Å². The van der Waals surface area contributed by atoms with E-state index in [2.05, 4.69) is 5.32 Å². The summed E-state index contributed by atoms with van der Waals surface area (Å²) in [6.07, 6.45) is 3.54. The maximum absolute atomic E-state index is 11.5. The van der Waals surface area contributed by atoms with Gasteiger partial charge in [-0.05, 0) is 49.4 Å². The lowest BCUT2D eigenvalue weighted by atomic mass is 10.2. The number of carbonyl (C=O) groups is 1. The molecule has 0 amide bonds. The van der Waals surface area contributed by atoms with Gasteiger partial charge in [0, 0.05) is 12.2 Å². The van der Waals surface area contributed by atoms with Crippen LogP contribution >= 0.6 is 0 Å². The maximum atomic E-state index is 11.5. The molecule has 1 aromatic carbocycles. The monoisotopic (exact) mass is 233 g/mol. The van der Waals surface area contributed by atoms with Crippen LogP contribution in [-0.2, 0) is 4.74 Å². The number of rotatable bonds is 6. The van der Waals surface area contributed by atoms with Crippen LogP contribution in [0.4, 0.5) is 5.69 Å². The molecule has 0 saturated heterocycles. The van der Waals surface area contributed by atoms with Gasteiger partial charge in [-0.1, -0.05) is 6.92 Å². The van der Waals surface area contributed by atoms with Crippen LogP contribution < -0.4 is 5.32 Å². The fourth-order valence-electron chi connectivity index (χ4n) is 1.59. The van der Waals surface area contributed by atoms with Crippen LogP contribution in [0.25, 0.3) is 0 Å². The van der Waals surface area contributed by atoms with E-state index >= 15 is 0 Å². The van der Waals surface area contributed by atoms with Crippen molar-refractivity contribution in [1.82, 2.24) is 0 Å². The highest BCUT2D eigenvalue weighted by atomic mass is 16.5. The molecule has 0 aliphatic heterocycles. The molecular formula is C14H19NO2. The Morgan fingerprint density at radius 2 is 2.06 bits per heavy atom. The third kappa shape index (κ3) is 3.77. The Morgan fingerprint density at radius 3 is 2.65 bits per heavy atom. The highest BCUT2D eigenvalue weighted by Crippen LogP contribution is 2.28. The van der Waals surface area contributed by atoms with Crippen molar-refractivity contribution >= 4 is 11.7 Å². The molecule has 2 rings (SSSR count). The molecule has 0 aromatic heterocycles. The lowest BCUT2D eigenvalue weighted by Gasteiger charge is -2.06. The minimum absolute atomic E-state index is 0.236. The van der Waals surface area contributed by atoms with Gasteiger partial charge in [-0.15, -0.1) is 0 Å². The summed E-state index contributed by atoms with van der Waals surface area (Å²) in [5.74, 6) is 0.616. The highest BCUT2D eigenvalue weighted by Gasteiger charge is 2.20. The van der Waals surface area contributed by atoms with Gasteiger partial charge in [-0.25, -0.2) is 4.79 Å². The molecule has 1 fully saturated rings. The first kappa shape index (κ1) is 12.0. The van der Waals surface area contributed by atoms with Crippen molar-refractivity contribution in [3.05, 3.63) is 29.8 Å². The summed E-state index contributed by atoms with van der Waals surface area (Å²) >= 11 is 0. The van der Waals surface area contributed by atoms with Crippen molar-refractivity contribution < 1.29 is 9.53 Å². The first-order valence-electron chi connectivity index (χ1n) is 6.30. The van der Waals surface area contributed by atoms with Crippen LogP contribution in [0.5, 0.6) is 0 Å². The predicted octanol–water partition coefficient (Wildman–Crippen LogP) is 3.08. The largest absolute Gasteiger partial charge is 0.462 e. The molecule has 0 radical (unpaired) electrons. The lowest BCUT2D eigenvalue weighted by Crippen LogP contribution is -2.07. The minimum atomic E-state index is -0.236. The standard InChI is InChI=1S/C14H19NO2/c1-2-9-17-14(16)12-5-7-13(8-6-12)15-10-11-3-4-11/h5-8,11,15H,2-4,9-10H2,1H3. The summed E-state index contributed by atoms with van der Waals surface area (Å²) < 4.78 is 5.07. The van der Waals surface area contributed by atoms with E-state index in [-0.39, 0.29) is 5.97 Å². The zero-order valence-electron chi connectivity index (χ0n) is 10.2. The number of hydrogen-bond donors (Lipinski definition) is 1. The average Bonchev–Trinajstić information content (AvgIpc) is 3.18. The Balaban J connectivity index is 1.85. The van der Waals surface area contributed by atoms with E-state index in [0.29, 0.717) is 12.2 Å². The number of esters is 1. The number of ether oxygens (including phenoxy) is 1. The van der Waals surface area contributed by atoms with Gasteiger partial charge in [0.2, 0.25) is 0 Å². The van der Waals surface area contributed by atoms with Crippen LogP contribution in [0, 0.1) is 5.92 Å². The first-order chi connectivity index (χ1) is 8.29. The molecule has 0 spiro atoms. The van der Waals surface area contributed by atoms with E-state index in [1.807, 2.05) is 31.2 Å². The molecule has 1 saturated carbocycles. The lowest BCUT2D eigenvalue weighted by molar-refractivity contribution is 0.0505. The van der Waals surface area contributed by atoms with Crippen LogP contribution in [0.3, 0.4) is 0 Å². The molecule has 92 valence electrons. The Kier molecular flexibility index (Phi) is 4.02. The van der Waals surface area contributed by atoms with Crippen molar-refractivity contribution in [2.45, 2.75) is 26.2 Å². The summed E-state index contributed by atoms with van der Waals surface area (Å²) in [5, 5.41) is 3.36. The van der Waals surface area contributed by atoms with Gasteiger partial charge in [-0.2, -0.15) is 0 Å². The normalized spacial score (nSPS) is 14.4. The quantitative estimate of drug-likeness (QED) is 0.767. The Morgan fingerprint density at radius 1 is 1.35 bits per heavy atom. The second kappa shape index (κ2) is 5.71. The number of carbonyl (C=O) groups excluding carboxylic acids is 1. The molecule has 1 N–H and O–H groups in total. The number of benzene rings is 1. The van der Waals surface area contributed by atoms with Gasteiger partial charge in [0.1, 0.15) is 0 Å².